The molecule has 0 radical (unpaired) electrons. The lowest BCUT2D eigenvalue weighted by Gasteiger charge is -2.26. The quantitative estimate of drug-likeness (QED) is 0.934. The van der Waals surface area contributed by atoms with E-state index in [-0.39, 0.29) is 0 Å². The minimum absolute atomic E-state index is 0.747. The van der Waals surface area contributed by atoms with Crippen LogP contribution in [0.1, 0.15) is 5.76 Å². The highest BCUT2D eigenvalue weighted by atomic mass is 35.5. The molecule has 1 aromatic carbocycles. The number of hydrogen-bond acceptors (Lipinski definition) is 3. The van der Waals surface area contributed by atoms with Crippen LogP contribution in [0, 0.1) is 0 Å². The second kappa shape index (κ2) is 5.78. The molecule has 3 rings (SSSR count). The minimum Gasteiger partial charge on any atom is -0.460 e. The van der Waals surface area contributed by atoms with E-state index in [1.54, 1.807) is 0 Å². The molecule has 0 unspecified atom stereocenters. The minimum atomic E-state index is 0.747. The molecular weight excluding hydrogens is 260 g/mol. The Balaban J connectivity index is 1.70. The lowest BCUT2D eigenvalue weighted by Crippen LogP contribution is -2.42. The average molecular weight is 277 g/mol. The maximum absolute atomic E-state index is 5.91. The predicted octanol–water partition coefficient (Wildman–Crippen LogP) is 3.01. The normalized spacial score (nSPS) is 16.7. The summed E-state index contributed by atoms with van der Waals surface area (Å²) in [6.45, 7) is 5.17. The van der Waals surface area contributed by atoms with Crippen LogP contribution in [0.5, 0.6) is 0 Å². The van der Waals surface area contributed by atoms with Gasteiger partial charge in [-0.05, 0) is 36.4 Å². The van der Waals surface area contributed by atoms with Crippen molar-refractivity contribution in [1.29, 1.82) is 0 Å². The van der Waals surface area contributed by atoms with Gasteiger partial charge in [-0.2, -0.15) is 0 Å². The van der Waals surface area contributed by atoms with E-state index in [4.69, 9.17) is 16.0 Å². The molecule has 1 fully saturated rings. The maximum Gasteiger partial charge on any atom is 0.134 e. The second-order valence-corrected chi connectivity index (χ2v) is 5.24. The summed E-state index contributed by atoms with van der Waals surface area (Å²) in [7, 11) is 0. The van der Waals surface area contributed by atoms with Gasteiger partial charge in [0.05, 0.1) is 6.54 Å². The zero-order valence-corrected chi connectivity index (χ0v) is 11.5. The van der Waals surface area contributed by atoms with Crippen LogP contribution in [0.2, 0.25) is 5.02 Å². The van der Waals surface area contributed by atoms with Crippen molar-refractivity contribution >= 4 is 11.6 Å². The van der Waals surface area contributed by atoms with Crippen LogP contribution in [-0.4, -0.2) is 31.1 Å². The van der Waals surface area contributed by atoms with Crippen LogP contribution in [-0.2, 0) is 6.54 Å². The third-order valence-electron chi connectivity index (χ3n) is 3.38. The molecule has 1 aliphatic heterocycles. The molecule has 19 heavy (non-hydrogen) atoms. The standard InChI is InChI=1S/C15H17ClN2O/c16-13-3-1-12(2-4-13)15-6-5-14(19-15)11-18-9-7-17-8-10-18/h1-6,17H,7-11H2. The fourth-order valence-electron chi connectivity index (χ4n) is 2.32. The van der Waals surface area contributed by atoms with Gasteiger partial charge >= 0.3 is 0 Å². The Morgan fingerprint density at radius 2 is 1.79 bits per heavy atom. The Labute approximate surface area is 118 Å². The Bertz CT molecular complexity index is 529. The molecular formula is C15H17ClN2O. The molecule has 2 aromatic rings. The molecule has 100 valence electrons. The summed E-state index contributed by atoms with van der Waals surface area (Å²) in [6.07, 6.45) is 0. The van der Waals surface area contributed by atoms with E-state index >= 15 is 0 Å². The van der Waals surface area contributed by atoms with Gasteiger partial charge in [0.2, 0.25) is 0 Å². The molecule has 2 heterocycles. The van der Waals surface area contributed by atoms with Gasteiger partial charge in [-0.1, -0.05) is 11.6 Å². The van der Waals surface area contributed by atoms with Crippen molar-refractivity contribution < 1.29 is 4.42 Å². The van der Waals surface area contributed by atoms with Crippen LogP contribution in [0.4, 0.5) is 0 Å². The Morgan fingerprint density at radius 1 is 1.05 bits per heavy atom. The van der Waals surface area contributed by atoms with Crippen LogP contribution < -0.4 is 5.32 Å². The van der Waals surface area contributed by atoms with Crippen molar-refractivity contribution in [3.05, 3.63) is 47.2 Å². The van der Waals surface area contributed by atoms with Crippen molar-refractivity contribution in [2.24, 2.45) is 0 Å². The third-order valence-corrected chi connectivity index (χ3v) is 3.63. The molecule has 1 saturated heterocycles. The summed E-state index contributed by atoms with van der Waals surface area (Å²) in [5.74, 6) is 1.92. The lowest BCUT2D eigenvalue weighted by molar-refractivity contribution is 0.217. The fraction of sp³-hybridized carbons (Fsp3) is 0.333. The number of furan rings is 1. The summed E-state index contributed by atoms with van der Waals surface area (Å²) in [6, 6.07) is 11.8. The molecule has 0 amide bonds. The van der Waals surface area contributed by atoms with Gasteiger partial charge in [-0.25, -0.2) is 0 Å². The Hall–Kier alpha value is -1.29. The van der Waals surface area contributed by atoms with Gasteiger partial charge in [0.15, 0.2) is 0 Å². The van der Waals surface area contributed by atoms with Gasteiger partial charge < -0.3 is 9.73 Å². The monoisotopic (exact) mass is 276 g/mol. The first-order valence-electron chi connectivity index (χ1n) is 6.59. The van der Waals surface area contributed by atoms with Crippen LogP contribution >= 0.6 is 11.6 Å². The number of nitrogens with zero attached hydrogens (tertiary/aromatic N) is 1. The zero-order chi connectivity index (χ0) is 13.1. The molecule has 0 bridgehead atoms. The van der Waals surface area contributed by atoms with E-state index in [2.05, 4.69) is 16.3 Å². The highest BCUT2D eigenvalue weighted by Crippen LogP contribution is 2.24. The van der Waals surface area contributed by atoms with Crippen molar-refractivity contribution in [1.82, 2.24) is 10.2 Å². The van der Waals surface area contributed by atoms with Crippen molar-refractivity contribution in [3.63, 3.8) is 0 Å². The van der Waals surface area contributed by atoms with Crippen molar-refractivity contribution in [2.45, 2.75) is 6.54 Å². The largest absolute Gasteiger partial charge is 0.460 e. The number of benzene rings is 1. The van der Waals surface area contributed by atoms with E-state index < -0.39 is 0 Å². The molecule has 1 aliphatic rings. The van der Waals surface area contributed by atoms with E-state index in [1.165, 1.54) is 0 Å². The van der Waals surface area contributed by atoms with Gasteiger partial charge in [0.25, 0.3) is 0 Å². The second-order valence-electron chi connectivity index (χ2n) is 4.80. The van der Waals surface area contributed by atoms with Crippen molar-refractivity contribution in [2.75, 3.05) is 26.2 Å². The molecule has 0 saturated carbocycles. The lowest BCUT2D eigenvalue weighted by atomic mass is 10.2. The summed E-state index contributed by atoms with van der Waals surface area (Å²) in [5.41, 5.74) is 1.07. The topological polar surface area (TPSA) is 28.4 Å². The predicted molar refractivity (Wildman–Crippen MR) is 77.3 cm³/mol. The fourth-order valence-corrected chi connectivity index (χ4v) is 2.45. The molecule has 1 N–H and O–H groups in total. The third kappa shape index (κ3) is 3.18. The van der Waals surface area contributed by atoms with E-state index in [1.807, 2.05) is 30.3 Å². The molecule has 0 aliphatic carbocycles. The average Bonchev–Trinajstić information content (AvgIpc) is 2.89. The molecule has 4 heteroatoms. The smallest absolute Gasteiger partial charge is 0.134 e. The van der Waals surface area contributed by atoms with Crippen LogP contribution in [0.3, 0.4) is 0 Å². The first-order chi connectivity index (χ1) is 9.31. The first-order valence-corrected chi connectivity index (χ1v) is 6.97. The van der Waals surface area contributed by atoms with Gasteiger partial charge in [-0.3, -0.25) is 4.90 Å². The van der Waals surface area contributed by atoms with Gasteiger partial charge in [-0.15, -0.1) is 0 Å². The molecule has 0 atom stereocenters. The number of nitrogens with one attached hydrogen (secondary N) is 1. The summed E-state index contributed by atoms with van der Waals surface area (Å²) < 4.78 is 5.91. The maximum atomic E-state index is 5.91. The summed E-state index contributed by atoms with van der Waals surface area (Å²) in [5, 5.41) is 4.10. The first kappa shape index (κ1) is 12.7. The van der Waals surface area contributed by atoms with Gasteiger partial charge in [0, 0.05) is 36.8 Å². The molecule has 3 nitrogen and oxygen atoms in total. The highest BCUT2D eigenvalue weighted by Gasteiger charge is 2.12. The van der Waals surface area contributed by atoms with E-state index in [0.717, 1.165) is 54.8 Å². The summed E-state index contributed by atoms with van der Waals surface area (Å²) >= 11 is 5.89. The number of rotatable bonds is 3. The molecule has 0 spiro atoms. The zero-order valence-electron chi connectivity index (χ0n) is 10.7. The number of hydrogen-bond donors (Lipinski definition) is 1. The highest BCUT2D eigenvalue weighted by molar-refractivity contribution is 6.30. The molecule has 1 aromatic heterocycles. The van der Waals surface area contributed by atoms with E-state index in [9.17, 15) is 0 Å². The number of piperazine rings is 1. The SMILES string of the molecule is Clc1ccc(-c2ccc(CN3CCNCC3)o2)cc1. The van der Waals surface area contributed by atoms with Gasteiger partial charge in [0.1, 0.15) is 11.5 Å². The number of halogens is 1. The Morgan fingerprint density at radius 3 is 2.53 bits per heavy atom. The van der Waals surface area contributed by atoms with Crippen molar-refractivity contribution in [3.8, 4) is 11.3 Å². The Kier molecular flexibility index (Phi) is 3.87. The summed E-state index contributed by atoms with van der Waals surface area (Å²) in [4.78, 5) is 2.40. The van der Waals surface area contributed by atoms with Crippen LogP contribution in [0.25, 0.3) is 11.3 Å². The van der Waals surface area contributed by atoms with Crippen LogP contribution in [0.15, 0.2) is 40.8 Å². The van der Waals surface area contributed by atoms with E-state index in [0.29, 0.717) is 0 Å².